The first-order valence-corrected chi connectivity index (χ1v) is 6.59. The van der Waals surface area contributed by atoms with Crippen LogP contribution in [0.25, 0.3) is 0 Å². The summed E-state index contributed by atoms with van der Waals surface area (Å²) in [7, 11) is 1.28. The van der Waals surface area contributed by atoms with Crippen LogP contribution >= 0.6 is 0 Å². The molecule has 0 saturated heterocycles. The number of nitrogens with two attached hydrogens (primary N) is 1. The zero-order valence-electron chi connectivity index (χ0n) is 12.1. The number of nitrogens with zero attached hydrogens (tertiary/aromatic N) is 1. The number of rotatable bonds is 8. The summed E-state index contributed by atoms with van der Waals surface area (Å²) in [5, 5.41) is 16.4. The Morgan fingerprint density at radius 2 is 2.00 bits per heavy atom. The number of carbonyl (C=O) groups excluding carboxylic acids is 2. The fourth-order valence-electron chi connectivity index (χ4n) is 1.72. The van der Waals surface area contributed by atoms with E-state index in [-0.39, 0.29) is 11.3 Å². The van der Waals surface area contributed by atoms with Crippen molar-refractivity contribution in [3.63, 3.8) is 0 Å². The zero-order chi connectivity index (χ0) is 16.5. The van der Waals surface area contributed by atoms with Gasteiger partial charge in [0.05, 0.1) is 12.0 Å². The molecule has 0 atom stereocenters. The molecule has 1 aromatic carbocycles. The van der Waals surface area contributed by atoms with Crippen LogP contribution in [0.15, 0.2) is 18.2 Å². The van der Waals surface area contributed by atoms with Crippen molar-refractivity contribution in [1.82, 2.24) is 5.32 Å². The lowest BCUT2D eigenvalue weighted by Crippen LogP contribution is -2.24. The molecule has 0 bridgehead atoms. The van der Waals surface area contributed by atoms with Crippen molar-refractivity contribution in [3.8, 4) is 0 Å². The molecule has 9 heteroatoms. The molecule has 0 aliphatic carbocycles. The van der Waals surface area contributed by atoms with Crippen molar-refractivity contribution in [2.24, 2.45) is 5.73 Å². The van der Waals surface area contributed by atoms with Crippen molar-refractivity contribution in [1.29, 1.82) is 0 Å². The Hall–Kier alpha value is -2.84. The molecule has 0 unspecified atom stereocenters. The molecule has 1 rings (SSSR count). The van der Waals surface area contributed by atoms with E-state index in [1.54, 1.807) is 0 Å². The van der Waals surface area contributed by atoms with E-state index in [1.165, 1.54) is 19.2 Å². The first-order chi connectivity index (χ1) is 10.5. The molecule has 4 N–H and O–H groups in total. The standard InChI is InChI=1S/C13H18N4O5/c1-22-13(19)16-7-3-2-6-15-10-5-4-9(12(14)18)8-11(10)17(20)21/h4-5,8,15H,2-3,6-7H2,1H3,(H2,14,18)(H,16,19). The molecule has 1 aromatic rings. The zero-order valence-corrected chi connectivity index (χ0v) is 12.1. The van der Waals surface area contributed by atoms with Crippen molar-refractivity contribution < 1.29 is 19.2 Å². The summed E-state index contributed by atoms with van der Waals surface area (Å²) in [5.74, 6) is -0.719. The van der Waals surface area contributed by atoms with Crippen molar-refractivity contribution in [2.75, 3.05) is 25.5 Å². The number of hydrogen-bond acceptors (Lipinski definition) is 6. The minimum absolute atomic E-state index is 0.0829. The van der Waals surface area contributed by atoms with Crippen LogP contribution in [0, 0.1) is 10.1 Å². The van der Waals surface area contributed by atoms with E-state index in [1.807, 2.05) is 0 Å². The number of nitro groups is 1. The third-order valence-corrected chi connectivity index (χ3v) is 2.85. The number of nitrogens with one attached hydrogen (secondary N) is 2. The van der Waals surface area contributed by atoms with Crippen molar-refractivity contribution in [3.05, 3.63) is 33.9 Å². The van der Waals surface area contributed by atoms with E-state index in [0.717, 1.165) is 6.07 Å². The van der Waals surface area contributed by atoms with Gasteiger partial charge in [0.15, 0.2) is 0 Å². The van der Waals surface area contributed by atoms with Crippen LogP contribution < -0.4 is 16.4 Å². The lowest BCUT2D eigenvalue weighted by Gasteiger charge is -2.08. The van der Waals surface area contributed by atoms with Gasteiger partial charge in [0.25, 0.3) is 5.69 Å². The average Bonchev–Trinajstić information content (AvgIpc) is 2.50. The first kappa shape index (κ1) is 17.2. The van der Waals surface area contributed by atoms with Gasteiger partial charge in [0.1, 0.15) is 5.69 Å². The number of carbonyl (C=O) groups is 2. The average molecular weight is 310 g/mol. The number of alkyl carbamates (subject to hydrolysis) is 1. The number of hydrogen-bond donors (Lipinski definition) is 3. The second-order valence-electron chi connectivity index (χ2n) is 4.41. The van der Waals surface area contributed by atoms with Gasteiger partial charge in [-0.1, -0.05) is 0 Å². The summed E-state index contributed by atoms with van der Waals surface area (Å²) >= 11 is 0. The van der Waals surface area contributed by atoms with E-state index in [0.29, 0.717) is 31.6 Å². The van der Waals surface area contributed by atoms with E-state index in [4.69, 9.17) is 5.73 Å². The van der Waals surface area contributed by atoms with Gasteiger partial charge in [0, 0.05) is 24.7 Å². The third kappa shape index (κ3) is 5.27. The molecule has 2 amide bonds. The summed E-state index contributed by atoms with van der Waals surface area (Å²) in [6, 6.07) is 4.02. The highest BCUT2D eigenvalue weighted by Crippen LogP contribution is 2.25. The maximum Gasteiger partial charge on any atom is 0.406 e. The monoisotopic (exact) mass is 310 g/mol. The Bertz CT molecular complexity index is 561. The summed E-state index contributed by atoms with van der Waals surface area (Å²) in [5.41, 5.74) is 5.29. The number of unbranched alkanes of at least 4 members (excludes halogenated alkanes) is 1. The lowest BCUT2D eigenvalue weighted by molar-refractivity contribution is -0.384. The number of anilines is 1. The van der Waals surface area contributed by atoms with Gasteiger partial charge in [-0.05, 0) is 25.0 Å². The lowest BCUT2D eigenvalue weighted by atomic mass is 10.1. The fraction of sp³-hybridized carbons (Fsp3) is 0.385. The largest absolute Gasteiger partial charge is 0.453 e. The molecular formula is C13H18N4O5. The van der Waals surface area contributed by atoms with Crippen LogP contribution in [0.5, 0.6) is 0 Å². The molecule has 0 aromatic heterocycles. The van der Waals surface area contributed by atoms with Crippen LogP contribution in [-0.2, 0) is 4.74 Å². The highest BCUT2D eigenvalue weighted by molar-refractivity contribution is 5.94. The van der Waals surface area contributed by atoms with E-state index < -0.39 is 16.9 Å². The molecule has 0 radical (unpaired) electrons. The topological polar surface area (TPSA) is 137 Å². The van der Waals surface area contributed by atoms with Crippen LogP contribution in [0.4, 0.5) is 16.2 Å². The molecule has 0 spiro atoms. The van der Waals surface area contributed by atoms with Gasteiger partial charge in [-0.3, -0.25) is 14.9 Å². The highest BCUT2D eigenvalue weighted by Gasteiger charge is 2.16. The van der Waals surface area contributed by atoms with E-state index in [9.17, 15) is 19.7 Å². The number of nitro benzene ring substituents is 1. The molecule has 22 heavy (non-hydrogen) atoms. The first-order valence-electron chi connectivity index (χ1n) is 6.59. The van der Waals surface area contributed by atoms with E-state index >= 15 is 0 Å². The second-order valence-corrected chi connectivity index (χ2v) is 4.41. The van der Waals surface area contributed by atoms with Gasteiger partial charge >= 0.3 is 6.09 Å². The Labute approximate surface area is 127 Å². The minimum atomic E-state index is -0.719. The predicted molar refractivity (Wildman–Crippen MR) is 79.7 cm³/mol. The highest BCUT2D eigenvalue weighted by atomic mass is 16.6. The molecule has 0 aliphatic rings. The van der Waals surface area contributed by atoms with Gasteiger partial charge in [-0.25, -0.2) is 4.79 Å². The Morgan fingerprint density at radius 1 is 1.32 bits per heavy atom. The molecule has 9 nitrogen and oxygen atoms in total. The molecule has 0 aliphatic heterocycles. The van der Waals surface area contributed by atoms with Crippen molar-refractivity contribution >= 4 is 23.4 Å². The normalized spacial score (nSPS) is 9.86. The van der Waals surface area contributed by atoms with Gasteiger partial charge in [-0.15, -0.1) is 0 Å². The maximum absolute atomic E-state index is 11.0. The summed E-state index contributed by atoms with van der Waals surface area (Å²) in [6.45, 7) is 0.941. The Balaban J connectivity index is 2.50. The van der Waals surface area contributed by atoms with Gasteiger partial charge in [0.2, 0.25) is 5.91 Å². The van der Waals surface area contributed by atoms with Crippen LogP contribution in [0.3, 0.4) is 0 Å². The fourth-order valence-corrected chi connectivity index (χ4v) is 1.72. The number of ether oxygens (including phenoxy) is 1. The molecule has 0 fully saturated rings. The molecule has 0 heterocycles. The summed E-state index contributed by atoms with van der Waals surface area (Å²) < 4.78 is 4.42. The molecular weight excluding hydrogens is 292 g/mol. The summed E-state index contributed by atoms with van der Waals surface area (Å²) in [6.07, 6.45) is 0.888. The SMILES string of the molecule is COC(=O)NCCCCNc1ccc(C(N)=O)cc1[N+](=O)[O-]. The van der Waals surface area contributed by atoms with E-state index in [2.05, 4.69) is 15.4 Å². The number of methoxy groups -OCH3 is 1. The predicted octanol–water partition coefficient (Wildman–Crippen LogP) is 1.24. The quantitative estimate of drug-likeness (QED) is 0.375. The minimum Gasteiger partial charge on any atom is -0.453 e. The van der Waals surface area contributed by atoms with Crippen LogP contribution in [0.2, 0.25) is 0 Å². The molecule has 120 valence electrons. The third-order valence-electron chi connectivity index (χ3n) is 2.85. The number of benzene rings is 1. The number of amides is 2. The maximum atomic E-state index is 11.0. The Morgan fingerprint density at radius 3 is 2.59 bits per heavy atom. The Kier molecular flexibility index (Phi) is 6.61. The van der Waals surface area contributed by atoms with Crippen LogP contribution in [0.1, 0.15) is 23.2 Å². The van der Waals surface area contributed by atoms with Crippen LogP contribution in [-0.4, -0.2) is 37.1 Å². The van der Waals surface area contributed by atoms with Gasteiger partial charge < -0.3 is 21.1 Å². The number of primary amides is 1. The van der Waals surface area contributed by atoms with Gasteiger partial charge in [-0.2, -0.15) is 0 Å². The molecule has 0 saturated carbocycles. The smallest absolute Gasteiger partial charge is 0.406 e. The van der Waals surface area contributed by atoms with Crippen molar-refractivity contribution in [2.45, 2.75) is 12.8 Å². The summed E-state index contributed by atoms with van der Waals surface area (Å²) in [4.78, 5) is 32.3. The second kappa shape index (κ2) is 8.45.